The Balaban J connectivity index is 1.43. The van der Waals surface area contributed by atoms with Gasteiger partial charge in [0.1, 0.15) is 5.82 Å². The molecule has 10 heteroatoms. The third-order valence-electron chi connectivity index (χ3n) is 6.45. The molecule has 184 valence electrons. The van der Waals surface area contributed by atoms with Gasteiger partial charge in [-0.05, 0) is 50.5 Å². The highest BCUT2D eigenvalue weighted by molar-refractivity contribution is 7.89. The van der Waals surface area contributed by atoms with E-state index in [9.17, 15) is 13.2 Å². The summed E-state index contributed by atoms with van der Waals surface area (Å²) in [6.45, 7) is 7.01. The van der Waals surface area contributed by atoms with E-state index >= 15 is 0 Å². The Hall–Kier alpha value is -2.72. The highest BCUT2D eigenvalue weighted by Gasteiger charge is 2.30. The summed E-state index contributed by atoms with van der Waals surface area (Å²) >= 11 is 0. The number of nitrogens with one attached hydrogen (secondary N) is 2. The molecule has 0 radical (unpaired) electrons. The van der Waals surface area contributed by atoms with Gasteiger partial charge in [0.25, 0.3) is 0 Å². The van der Waals surface area contributed by atoms with Crippen LogP contribution < -0.4 is 15.5 Å². The maximum atomic E-state index is 13.3. The average molecular weight is 487 g/mol. The van der Waals surface area contributed by atoms with Crippen LogP contribution in [0, 0.1) is 13.8 Å². The van der Waals surface area contributed by atoms with Crippen molar-refractivity contribution in [2.24, 2.45) is 0 Å². The molecule has 34 heavy (non-hydrogen) atoms. The number of nitrogens with zero attached hydrogens (tertiary/aromatic N) is 4. The molecule has 2 heterocycles. The van der Waals surface area contributed by atoms with Crippen molar-refractivity contribution in [2.45, 2.75) is 63.8 Å². The van der Waals surface area contributed by atoms with E-state index in [2.05, 4.69) is 20.5 Å². The van der Waals surface area contributed by atoms with Gasteiger partial charge in [0, 0.05) is 56.6 Å². The molecule has 0 spiro atoms. The van der Waals surface area contributed by atoms with E-state index in [4.69, 9.17) is 4.98 Å². The number of amides is 1. The van der Waals surface area contributed by atoms with Crippen molar-refractivity contribution in [3.05, 3.63) is 35.5 Å². The molecule has 1 aromatic carbocycles. The molecular formula is C24H34N6O3S. The number of hydrogen-bond acceptors (Lipinski definition) is 7. The Morgan fingerprint density at radius 3 is 2.35 bits per heavy atom. The third kappa shape index (κ3) is 5.67. The normalized spacial score (nSPS) is 18.0. The minimum absolute atomic E-state index is 0.191. The summed E-state index contributed by atoms with van der Waals surface area (Å²) in [6, 6.07) is 7.27. The van der Waals surface area contributed by atoms with Gasteiger partial charge in [0.15, 0.2) is 0 Å². The van der Waals surface area contributed by atoms with Crippen LogP contribution in [0.5, 0.6) is 0 Å². The summed E-state index contributed by atoms with van der Waals surface area (Å²) in [5.74, 6) is 1.30. The number of piperazine rings is 1. The predicted molar refractivity (Wildman–Crippen MR) is 134 cm³/mol. The number of rotatable bonds is 6. The Bertz CT molecular complexity index is 1140. The second-order valence-electron chi connectivity index (χ2n) is 9.22. The molecule has 0 bridgehead atoms. The quantitative estimate of drug-likeness (QED) is 0.645. The summed E-state index contributed by atoms with van der Waals surface area (Å²) in [4.78, 5) is 23.0. The summed E-state index contributed by atoms with van der Waals surface area (Å²) in [5, 5.41) is 6.19. The van der Waals surface area contributed by atoms with E-state index in [1.807, 2.05) is 13.0 Å². The zero-order valence-corrected chi connectivity index (χ0v) is 21.0. The molecule has 1 aromatic heterocycles. The molecule has 2 aliphatic rings. The van der Waals surface area contributed by atoms with E-state index in [1.165, 1.54) is 30.5 Å². The van der Waals surface area contributed by atoms with Gasteiger partial charge in [0.2, 0.25) is 21.9 Å². The maximum Gasteiger partial charge on any atom is 0.243 e. The van der Waals surface area contributed by atoms with Gasteiger partial charge in [0.05, 0.1) is 4.90 Å². The second-order valence-corrected chi connectivity index (χ2v) is 11.1. The van der Waals surface area contributed by atoms with Gasteiger partial charge in [-0.3, -0.25) is 4.79 Å². The molecule has 1 aliphatic carbocycles. The first-order valence-electron chi connectivity index (χ1n) is 12.0. The second kappa shape index (κ2) is 10.3. The molecule has 0 unspecified atom stereocenters. The minimum Gasteiger partial charge on any atom is -0.354 e. The standard InChI is InChI=1S/C24H34N6O3S/c1-17-15-21(26-19(3)31)9-10-22(17)34(32,33)30-13-11-29(12-14-30)23-16-18(2)25-24(28-23)27-20-7-5-4-6-8-20/h9-10,15-16,20H,4-8,11-14H2,1-3H3,(H,26,31)(H,25,27,28). The van der Waals surface area contributed by atoms with Crippen LogP contribution in [0.3, 0.4) is 0 Å². The lowest BCUT2D eigenvalue weighted by atomic mass is 9.96. The van der Waals surface area contributed by atoms with Gasteiger partial charge in [-0.2, -0.15) is 9.29 Å². The fourth-order valence-corrected chi connectivity index (χ4v) is 6.35. The number of benzene rings is 1. The molecule has 1 amide bonds. The largest absolute Gasteiger partial charge is 0.354 e. The summed E-state index contributed by atoms with van der Waals surface area (Å²) in [7, 11) is -3.63. The Morgan fingerprint density at radius 2 is 1.71 bits per heavy atom. The van der Waals surface area contributed by atoms with Crippen molar-refractivity contribution < 1.29 is 13.2 Å². The molecule has 0 atom stereocenters. The molecule has 2 aromatic rings. The first-order chi connectivity index (χ1) is 16.2. The monoisotopic (exact) mass is 486 g/mol. The van der Waals surface area contributed by atoms with E-state index in [0.29, 0.717) is 49.4 Å². The smallest absolute Gasteiger partial charge is 0.243 e. The van der Waals surface area contributed by atoms with Gasteiger partial charge >= 0.3 is 0 Å². The summed E-state index contributed by atoms with van der Waals surface area (Å²) in [6.07, 6.45) is 6.07. The van der Waals surface area contributed by atoms with Crippen molar-refractivity contribution in [1.82, 2.24) is 14.3 Å². The number of aromatic nitrogens is 2. The molecule has 2 N–H and O–H groups in total. The van der Waals surface area contributed by atoms with Crippen LogP contribution in [0.15, 0.2) is 29.2 Å². The first kappa shape index (κ1) is 24.4. The number of carbonyl (C=O) groups excluding carboxylic acids is 1. The molecular weight excluding hydrogens is 452 g/mol. The number of hydrogen-bond donors (Lipinski definition) is 2. The lowest BCUT2D eigenvalue weighted by Crippen LogP contribution is -2.49. The SMILES string of the molecule is CC(=O)Nc1ccc(S(=O)(=O)N2CCN(c3cc(C)nc(NC4CCCCC4)n3)CC2)c(C)c1. The Labute approximate surface area is 202 Å². The van der Waals surface area contributed by atoms with Crippen molar-refractivity contribution in [2.75, 3.05) is 41.7 Å². The van der Waals surface area contributed by atoms with Gasteiger partial charge < -0.3 is 15.5 Å². The van der Waals surface area contributed by atoms with E-state index in [0.717, 1.165) is 24.4 Å². The van der Waals surface area contributed by atoms with Crippen LogP contribution in [0.2, 0.25) is 0 Å². The molecule has 9 nitrogen and oxygen atoms in total. The fourth-order valence-electron chi connectivity index (χ4n) is 4.72. The highest BCUT2D eigenvalue weighted by Crippen LogP contribution is 2.26. The molecule has 2 fully saturated rings. The van der Waals surface area contributed by atoms with Crippen molar-refractivity contribution >= 4 is 33.4 Å². The number of aryl methyl sites for hydroxylation is 2. The Kier molecular flexibility index (Phi) is 7.37. The van der Waals surface area contributed by atoms with Gasteiger partial charge in [-0.15, -0.1) is 0 Å². The fraction of sp³-hybridized carbons (Fsp3) is 0.542. The number of anilines is 3. The van der Waals surface area contributed by atoms with E-state index in [-0.39, 0.29) is 10.8 Å². The molecule has 1 aliphatic heterocycles. The van der Waals surface area contributed by atoms with Gasteiger partial charge in [-0.1, -0.05) is 19.3 Å². The first-order valence-corrected chi connectivity index (χ1v) is 13.4. The lowest BCUT2D eigenvalue weighted by molar-refractivity contribution is -0.114. The number of sulfonamides is 1. The number of carbonyl (C=O) groups is 1. The van der Waals surface area contributed by atoms with Crippen LogP contribution in [0.1, 0.15) is 50.3 Å². The molecule has 1 saturated carbocycles. The molecule has 1 saturated heterocycles. The van der Waals surface area contributed by atoms with Crippen LogP contribution in [0.25, 0.3) is 0 Å². The van der Waals surface area contributed by atoms with Crippen molar-refractivity contribution in [3.63, 3.8) is 0 Å². The van der Waals surface area contributed by atoms with Crippen molar-refractivity contribution in [1.29, 1.82) is 0 Å². The minimum atomic E-state index is -3.63. The van der Waals surface area contributed by atoms with Crippen LogP contribution in [-0.4, -0.2) is 60.8 Å². The van der Waals surface area contributed by atoms with E-state index in [1.54, 1.807) is 25.1 Å². The average Bonchev–Trinajstić information content (AvgIpc) is 2.79. The van der Waals surface area contributed by atoms with Crippen molar-refractivity contribution in [3.8, 4) is 0 Å². The highest BCUT2D eigenvalue weighted by atomic mass is 32.2. The Morgan fingerprint density at radius 1 is 1.00 bits per heavy atom. The zero-order chi connectivity index (χ0) is 24.3. The van der Waals surface area contributed by atoms with Crippen LogP contribution in [-0.2, 0) is 14.8 Å². The van der Waals surface area contributed by atoms with Crippen LogP contribution >= 0.6 is 0 Å². The predicted octanol–water partition coefficient (Wildman–Crippen LogP) is 3.31. The molecule has 4 rings (SSSR count). The zero-order valence-electron chi connectivity index (χ0n) is 20.2. The maximum absolute atomic E-state index is 13.3. The van der Waals surface area contributed by atoms with E-state index < -0.39 is 10.0 Å². The third-order valence-corrected chi connectivity index (χ3v) is 8.51. The topological polar surface area (TPSA) is 108 Å². The lowest BCUT2D eigenvalue weighted by Gasteiger charge is -2.35. The summed E-state index contributed by atoms with van der Waals surface area (Å²) in [5.41, 5.74) is 2.09. The summed E-state index contributed by atoms with van der Waals surface area (Å²) < 4.78 is 28.1. The van der Waals surface area contributed by atoms with Crippen LogP contribution in [0.4, 0.5) is 17.5 Å². The van der Waals surface area contributed by atoms with Gasteiger partial charge in [-0.25, -0.2) is 13.4 Å².